The molecule has 0 radical (unpaired) electrons. The lowest BCUT2D eigenvalue weighted by Gasteiger charge is -2.28. The molecule has 31 heavy (non-hydrogen) atoms. The first-order valence-electron chi connectivity index (χ1n) is 10.9. The van der Waals surface area contributed by atoms with Crippen molar-refractivity contribution in [3.63, 3.8) is 0 Å². The van der Waals surface area contributed by atoms with E-state index in [-0.39, 0.29) is 11.9 Å². The number of alkyl carbamates (subject to hydrolysis) is 1. The van der Waals surface area contributed by atoms with E-state index in [0.29, 0.717) is 17.3 Å². The predicted molar refractivity (Wildman–Crippen MR) is 121 cm³/mol. The Morgan fingerprint density at radius 2 is 2.03 bits per heavy atom. The van der Waals surface area contributed by atoms with Crippen LogP contribution in [0, 0.1) is 5.92 Å². The summed E-state index contributed by atoms with van der Waals surface area (Å²) >= 11 is 1.39. The zero-order valence-corrected chi connectivity index (χ0v) is 19.6. The summed E-state index contributed by atoms with van der Waals surface area (Å²) in [4.78, 5) is 25.7. The average molecular weight is 448 g/mol. The SMILES string of the molecule is Cn1nncc1-c1csc(C(=O)N[C@H](CNC(=O)OC(C)(C)C)CC2CCCCC2)c1. The molecule has 1 aliphatic rings. The fraction of sp³-hybridized carbons (Fsp3) is 0.636. The zero-order valence-electron chi connectivity index (χ0n) is 18.8. The summed E-state index contributed by atoms with van der Waals surface area (Å²) in [6.07, 6.45) is 8.18. The van der Waals surface area contributed by atoms with Crippen LogP contribution in [0.15, 0.2) is 17.6 Å². The van der Waals surface area contributed by atoms with E-state index in [1.807, 2.05) is 39.3 Å². The van der Waals surface area contributed by atoms with Gasteiger partial charge in [0, 0.05) is 30.6 Å². The van der Waals surface area contributed by atoms with Crippen LogP contribution in [0.2, 0.25) is 0 Å². The minimum Gasteiger partial charge on any atom is -0.444 e. The molecule has 9 heteroatoms. The minimum absolute atomic E-state index is 0.127. The number of ether oxygens (including phenoxy) is 1. The monoisotopic (exact) mass is 447 g/mol. The van der Waals surface area contributed by atoms with Crippen LogP contribution < -0.4 is 10.6 Å². The first kappa shape index (κ1) is 23.2. The molecule has 0 aliphatic heterocycles. The van der Waals surface area contributed by atoms with E-state index in [9.17, 15) is 9.59 Å². The molecule has 0 unspecified atom stereocenters. The van der Waals surface area contributed by atoms with E-state index in [1.165, 1.54) is 43.4 Å². The number of hydrogen-bond acceptors (Lipinski definition) is 6. The molecule has 0 aromatic carbocycles. The Labute approximate surface area is 187 Å². The lowest BCUT2D eigenvalue weighted by atomic mass is 9.85. The second-order valence-corrected chi connectivity index (χ2v) is 10.1. The van der Waals surface area contributed by atoms with Gasteiger partial charge in [-0.15, -0.1) is 16.4 Å². The van der Waals surface area contributed by atoms with Gasteiger partial charge in [-0.2, -0.15) is 0 Å². The van der Waals surface area contributed by atoms with E-state index in [1.54, 1.807) is 10.9 Å². The molecule has 2 amide bonds. The standard InChI is InChI=1S/C22H33N5O3S/c1-22(2,3)30-21(29)23-12-17(10-15-8-6-5-7-9-15)25-20(28)19-11-16(14-31-19)18-13-24-26-27(18)4/h11,13-15,17H,5-10,12H2,1-4H3,(H,23,29)(H,25,28)/t17-/m0/s1. The highest BCUT2D eigenvalue weighted by molar-refractivity contribution is 7.12. The highest BCUT2D eigenvalue weighted by Gasteiger charge is 2.24. The van der Waals surface area contributed by atoms with Crippen LogP contribution in [0.3, 0.4) is 0 Å². The third kappa shape index (κ3) is 7.05. The maximum atomic E-state index is 13.0. The number of hydrogen-bond donors (Lipinski definition) is 2. The molecule has 170 valence electrons. The van der Waals surface area contributed by atoms with E-state index in [2.05, 4.69) is 20.9 Å². The van der Waals surface area contributed by atoms with Gasteiger partial charge in [0.2, 0.25) is 0 Å². The number of carbonyl (C=O) groups excluding carboxylic acids is 2. The third-order valence-electron chi connectivity index (χ3n) is 5.40. The van der Waals surface area contributed by atoms with Crippen molar-refractivity contribution in [3.05, 3.63) is 22.5 Å². The Bertz CT molecular complexity index is 880. The third-order valence-corrected chi connectivity index (χ3v) is 6.33. The first-order chi connectivity index (χ1) is 14.7. The maximum Gasteiger partial charge on any atom is 0.407 e. The van der Waals surface area contributed by atoms with Crippen molar-refractivity contribution in [1.29, 1.82) is 0 Å². The van der Waals surface area contributed by atoms with Crippen LogP contribution in [0.4, 0.5) is 4.79 Å². The van der Waals surface area contributed by atoms with Gasteiger partial charge in [-0.25, -0.2) is 9.48 Å². The predicted octanol–water partition coefficient (Wildman–Crippen LogP) is 4.14. The van der Waals surface area contributed by atoms with Gasteiger partial charge in [-0.3, -0.25) is 4.79 Å². The molecule has 1 fully saturated rings. The minimum atomic E-state index is -0.555. The number of aryl methyl sites for hydroxylation is 1. The highest BCUT2D eigenvalue weighted by atomic mass is 32.1. The zero-order chi connectivity index (χ0) is 22.4. The quantitative estimate of drug-likeness (QED) is 0.665. The summed E-state index contributed by atoms with van der Waals surface area (Å²) in [6.45, 7) is 5.85. The summed E-state index contributed by atoms with van der Waals surface area (Å²) in [7, 11) is 1.82. The van der Waals surface area contributed by atoms with Gasteiger partial charge in [0.05, 0.1) is 16.8 Å². The molecule has 1 atom stereocenters. The Hall–Kier alpha value is -2.42. The topological polar surface area (TPSA) is 98.1 Å². The molecular formula is C22H33N5O3S. The van der Waals surface area contributed by atoms with E-state index in [0.717, 1.165) is 17.7 Å². The molecule has 1 aliphatic carbocycles. The van der Waals surface area contributed by atoms with Crippen LogP contribution in [0.25, 0.3) is 11.3 Å². The molecule has 3 rings (SSSR count). The first-order valence-corrected chi connectivity index (χ1v) is 11.8. The highest BCUT2D eigenvalue weighted by Crippen LogP contribution is 2.28. The second-order valence-electron chi connectivity index (χ2n) is 9.24. The van der Waals surface area contributed by atoms with Gasteiger partial charge in [-0.05, 0) is 39.2 Å². The molecule has 2 heterocycles. The summed E-state index contributed by atoms with van der Waals surface area (Å²) in [5, 5.41) is 15.7. The fourth-order valence-corrected chi connectivity index (χ4v) is 4.74. The molecule has 0 saturated heterocycles. The maximum absolute atomic E-state index is 13.0. The molecule has 2 N–H and O–H groups in total. The Morgan fingerprint density at radius 1 is 1.29 bits per heavy atom. The Kier molecular flexibility index (Phi) is 7.69. The lowest BCUT2D eigenvalue weighted by Crippen LogP contribution is -2.45. The van der Waals surface area contributed by atoms with Gasteiger partial charge < -0.3 is 15.4 Å². The van der Waals surface area contributed by atoms with Gasteiger partial charge in [0.1, 0.15) is 5.60 Å². The molecule has 2 aromatic rings. The molecule has 0 spiro atoms. The van der Waals surface area contributed by atoms with E-state index in [4.69, 9.17) is 4.74 Å². The summed E-state index contributed by atoms with van der Waals surface area (Å²) in [6, 6.07) is 1.71. The van der Waals surface area contributed by atoms with Crippen LogP contribution in [0.1, 0.15) is 69.0 Å². The molecule has 1 saturated carbocycles. The van der Waals surface area contributed by atoms with Crippen molar-refractivity contribution < 1.29 is 14.3 Å². The van der Waals surface area contributed by atoms with Crippen molar-refractivity contribution in [2.45, 2.75) is 70.9 Å². The summed E-state index contributed by atoms with van der Waals surface area (Å²) in [5.74, 6) is 0.442. The summed E-state index contributed by atoms with van der Waals surface area (Å²) < 4.78 is 7.03. The number of rotatable bonds is 7. The van der Waals surface area contributed by atoms with E-state index < -0.39 is 11.7 Å². The average Bonchev–Trinajstić information content (AvgIpc) is 3.34. The normalized spacial score (nSPS) is 16.0. The van der Waals surface area contributed by atoms with Crippen LogP contribution in [-0.4, -0.2) is 45.2 Å². The molecule has 8 nitrogen and oxygen atoms in total. The lowest BCUT2D eigenvalue weighted by molar-refractivity contribution is 0.0517. The number of amides is 2. The number of nitrogens with zero attached hydrogens (tertiary/aromatic N) is 3. The number of thiophene rings is 1. The van der Waals surface area contributed by atoms with Crippen molar-refractivity contribution in [1.82, 2.24) is 25.6 Å². The summed E-state index contributed by atoms with van der Waals surface area (Å²) in [5.41, 5.74) is 1.22. The number of carbonyl (C=O) groups is 2. The smallest absolute Gasteiger partial charge is 0.407 e. The molecule has 0 bridgehead atoms. The van der Waals surface area contributed by atoms with Crippen molar-refractivity contribution in [2.75, 3.05) is 6.54 Å². The molecular weight excluding hydrogens is 414 g/mol. The second kappa shape index (κ2) is 10.3. The van der Waals surface area contributed by atoms with Gasteiger partial charge in [-0.1, -0.05) is 37.3 Å². The van der Waals surface area contributed by atoms with Crippen LogP contribution in [0.5, 0.6) is 0 Å². The number of aromatic nitrogens is 3. The Balaban J connectivity index is 1.63. The van der Waals surface area contributed by atoms with Gasteiger partial charge in [0.25, 0.3) is 5.91 Å². The largest absolute Gasteiger partial charge is 0.444 e. The van der Waals surface area contributed by atoms with Gasteiger partial charge >= 0.3 is 6.09 Å². The van der Waals surface area contributed by atoms with Gasteiger partial charge in [0.15, 0.2) is 0 Å². The number of nitrogens with one attached hydrogen (secondary N) is 2. The molecule has 2 aromatic heterocycles. The Morgan fingerprint density at radius 3 is 2.68 bits per heavy atom. The fourth-order valence-electron chi connectivity index (χ4n) is 3.94. The van der Waals surface area contributed by atoms with Crippen molar-refractivity contribution >= 4 is 23.3 Å². The van der Waals surface area contributed by atoms with Crippen LogP contribution >= 0.6 is 11.3 Å². The van der Waals surface area contributed by atoms with Crippen LogP contribution in [-0.2, 0) is 11.8 Å². The van der Waals surface area contributed by atoms with Crippen molar-refractivity contribution in [2.24, 2.45) is 13.0 Å². The van der Waals surface area contributed by atoms with Crippen molar-refractivity contribution in [3.8, 4) is 11.3 Å². The van der Waals surface area contributed by atoms with E-state index >= 15 is 0 Å².